The zero-order valence-electron chi connectivity index (χ0n) is 23.0. The number of anilines is 2. The number of ether oxygens (including phenoxy) is 2. The molecule has 4 aromatic rings. The van der Waals surface area contributed by atoms with Crippen molar-refractivity contribution in [2.45, 2.75) is 13.8 Å². The molecule has 42 heavy (non-hydrogen) atoms. The summed E-state index contributed by atoms with van der Waals surface area (Å²) in [6, 6.07) is 22.7. The van der Waals surface area contributed by atoms with Gasteiger partial charge in [-0.05, 0) is 86.2 Å². The highest BCUT2D eigenvalue weighted by Gasteiger charge is 2.29. The molecule has 0 atom stereocenters. The number of hydrogen-bond acceptors (Lipinski definition) is 7. The molecule has 5 rings (SSSR count). The zero-order chi connectivity index (χ0) is 29.8. The van der Waals surface area contributed by atoms with Crippen molar-refractivity contribution in [2.24, 2.45) is 5.10 Å². The van der Waals surface area contributed by atoms with Gasteiger partial charge in [-0.3, -0.25) is 9.59 Å². The third kappa shape index (κ3) is 6.12. The summed E-state index contributed by atoms with van der Waals surface area (Å²) in [5.41, 5.74) is 3.73. The summed E-state index contributed by atoms with van der Waals surface area (Å²) in [6.45, 7) is 3.80. The quantitative estimate of drug-likeness (QED) is 0.169. The Kier molecular flexibility index (Phi) is 8.51. The predicted molar refractivity (Wildman–Crippen MR) is 167 cm³/mol. The SMILES string of the molecule is CCOC(=O)c1ccc(N2N=C(C)/C(=C/c3ccc(-c4ccc(Cl)c(C(=O)Nc5cccc(OC)c5)c4)s3)C2=O)cc1. The second-order valence-corrected chi connectivity index (χ2v) is 10.7. The lowest BCUT2D eigenvalue weighted by atomic mass is 10.1. The molecule has 0 unspecified atom stereocenters. The van der Waals surface area contributed by atoms with E-state index in [4.69, 9.17) is 21.1 Å². The van der Waals surface area contributed by atoms with E-state index < -0.39 is 5.97 Å². The van der Waals surface area contributed by atoms with Crippen LogP contribution in [-0.4, -0.2) is 37.2 Å². The lowest BCUT2D eigenvalue weighted by molar-refractivity contribution is -0.114. The van der Waals surface area contributed by atoms with Crippen molar-refractivity contribution in [1.82, 2.24) is 0 Å². The highest BCUT2D eigenvalue weighted by Crippen LogP contribution is 2.34. The smallest absolute Gasteiger partial charge is 0.338 e. The summed E-state index contributed by atoms with van der Waals surface area (Å²) in [6.07, 6.45) is 1.80. The van der Waals surface area contributed by atoms with Crippen LogP contribution in [0.2, 0.25) is 5.02 Å². The van der Waals surface area contributed by atoms with Gasteiger partial charge in [0.05, 0.1) is 46.8 Å². The Labute approximate surface area is 251 Å². The number of esters is 1. The van der Waals surface area contributed by atoms with Crippen molar-refractivity contribution >= 4 is 63.9 Å². The summed E-state index contributed by atoms with van der Waals surface area (Å²) in [5.74, 6) is -0.401. The number of carbonyl (C=O) groups is 3. The maximum atomic E-state index is 13.3. The molecule has 1 aliphatic rings. The maximum Gasteiger partial charge on any atom is 0.338 e. The maximum absolute atomic E-state index is 13.3. The van der Waals surface area contributed by atoms with Crippen LogP contribution in [0.1, 0.15) is 39.4 Å². The van der Waals surface area contributed by atoms with Crippen LogP contribution in [0.5, 0.6) is 5.75 Å². The van der Waals surface area contributed by atoms with E-state index in [-0.39, 0.29) is 18.4 Å². The first-order valence-corrected chi connectivity index (χ1v) is 14.2. The van der Waals surface area contributed by atoms with E-state index >= 15 is 0 Å². The Hall–Kier alpha value is -4.73. The molecule has 0 saturated heterocycles. The van der Waals surface area contributed by atoms with Gasteiger partial charge < -0.3 is 14.8 Å². The summed E-state index contributed by atoms with van der Waals surface area (Å²) >= 11 is 7.86. The van der Waals surface area contributed by atoms with Crippen LogP contribution in [0, 0.1) is 0 Å². The molecule has 0 radical (unpaired) electrons. The molecule has 0 spiro atoms. The molecule has 3 aromatic carbocycles. The number of amides is 2. The lowest BCUT2D eigenvalue weighted by Crippen LogP contribution is -2.21. The topological polar surface area (TPSA) is 97.3 Å². The molecule has 0 saturated carbocycles. The predicted octanol–water partition coefficient (Wildman–Crippen LogP) is 7.31. The summed E-state index contributed by atoms with van der Waals surface area (Å²) < 4.78 is 10.2. The minimum absolute atomic E-state index is 0.269. The Morgan fingerprint density at radius 3 is 2.57 bits per heavy atom. The molecule has 0 fully saturated rings. The Bertz CT molecular complexity index is 1740. The zero-order valence-corrected chi connectivity index (χ0v) is 24.6. The van der Waals surface area contributed by atoms with E-state index in [0.29, 0.717) is 44.6 Å². The van der Waals surface area contributed by atoms with Crippen molar-refractivity contribution in [3.8, 4) is 16.2 Å². The normalized spacial score (nSPS) is 13.7. The molecule has 0 bridgehead atoms. The number of rotatable bonds is 8. The minimum Gasteiger partial charge on any atom is -0.497 e. The first-order chi connectivity index (χ1) is 20.3. The summed E-state index contributed by atoms with van der Waals surface area (Å²) in [4.78, 5) is 40.0. The fourth-order valence-corrected chi connectivity index (χ4v) is 5.44. The number of methoxy groups -OCH3 is 1. The van der Waals surface area contributed by atoms with Gasteiger partial charge >= 0.3 is 5.97 Å². The number of carbonyl (C=O) groups excluding carboxylic acids is 3. The van der Waals surface area contributed by atoms with Crippen molar-refractivity contribution < 1.29 is 23.9 Å². The second kappa shape index (κ2) is 12.4. The molecule has 0 aliphatic carbocycles. The first-order valence-electron chi connectivity index (χ1n) is 13.0. The van der Waals surface area contributed by atoms with Gasteiger partial charge in [0.25, 0.3) is 11.8 Å². The van der Waals surface area contributed by atoms with Crippen molar-refractivity contribution in [2.75, 3.05) is 24.0 Å². The third-order valence-corrected chi connectivity index (χ3v) is 7.83. The molecule has 1 aliphatic heterocycles. The van der Waals surface area contributed by atoms with Crippen LogP contribution >= 0.6 is 22.9 Å². The number of benzene rings is 3. The van der Waals surface area contributed by atoms with E-state index in [1.165, 1.54) is 16.3 Å². The van der Waals surface area contributed by atoms with Gasteiger partial charge in [-0.15, -0.1) is 11.3 Å². The van der Waals surface area contributed by atoms with E-state index in [9.17, 15) is 14.4 Å². The van der Waals surface area contributed by atoms with Gasteiger partial charge in [-0.1, -0.05) is 23.7 Å². The molecule has 1 N–H and O–H groups in total. The average Bonchev–Trinajstić information content (AvgIpc) is 3.58. The van der Waals surface area contributed by atoms with Crippen LogP contribution in [0.15, 0.2) is 89.5 Å². The number of nitrogens with one attached hydrogen (secondary N) is 1. The summed E-state index contributed by atoms with van der Waals surface area (Å²) in [7, 11) is 1.56. The lowest BCUT2D eigenvalue weighted by Gasteiger charge is -2.12. The number of thiophene rings is 1. The van der Waals surface area contributed by atoms with Gasteiger partial charge in [0.1, 0.15) is 5.75 Å². The average molecular weight is 600 g/mol. The third-order valence-electron chi connectivity index (χ3n) is 6.42. The molecule has 212 valence electrons. The van der Waals surface area contributed by atoms with Crippen molar-refractivity contribution in [1.29, 1.82) is 0 Å². The fraction of sp³-hybridized carbons (Fsp3) is 0.125. The van der Waals surface area contributed by atoms with Crippen molar-refractivity contribution in [3.05, 3.63) is 105 Å². The van der Waals surface area contributed by atoms with Crippen LogP contribution in [0.25, 0.3) is 16.5 Å². The molecule has 2 heterocycles. The van der Waals surface area contributed by atoms with E-state index in [1.807, 2.05) is 18.2 Å². The van der Waals surface area contributed by atoms with Crippen LogP contribution in [0.4, 0.5) is 11.4 Å². The second-order valence-electron chi connectivity index (χ2n) is 9.21. The fourth-order valence-electron chi connectivity index (χ4n) is 4.29. The largest absolute Gasteiger partial charge is 0.497 e. The Balaban J connectivity index is 1.33. The van der Waals surface area contributed by atoms with Gasteiger partial charge in [-0.2, -0.15) is 10.1 Å². The molecular weight excluding hydrogens is 574 g/mol. The van der Waals surface area contributed by atoms with E-state index in [1.54, 1.807) is 87.7 Å². The van der Waals surface area contributed by atoms with Gasteiger partial charge in [0.15, 0.2) is 0 Å². The number of hydrazone groups is 1. The van der Waals surface area contributed by atoms with Crippen LogP contribution in [0.3, 0.4) is 0 Å². The summed E-state index contributed by atoms with van der Waals surface area (Å²) in [5, 5.41) is 8.94. The first kappa shape index (κ1) is 28.8. The Morgan fingerprint density at radius 1 is 1.05 bits per heavy atom. The molecular formula is C32H26ClN3O5S. The highest BCUT2D eigenvalue weighted by molar-refractivity contribution is 7.16. The highest BCUT2D eigenvalue weighted by atomic mass is 35.5. The number of nitrogens with zero attached hydrogens (tertiary/aromatic N) is 2. The van der Waals surface area contributed by atoms with Gasteiger partial charge in [-0.25, -0.2) is 4.79 Å². The molecule has 2 amide bonds. The van der Waals surface area contributed by atoms with Crippen LogP contribution in [-0.2, 0) is 9.53 Å². The van der Waals surface area contributed by atoms with E-state index in [2.05, 4.69) is 10.4 Å². The molecule has 1 aromatic heterocycles. The number of hydrogen-bond donors (Lipinski definition) is 1. The van der Waals surface area contributed by atoms with E-state index in [0.717, 1.165) is 15.3 Å². The van der Waals surface area contributed by atoms with Gasteiger partial charge in [0.2, 0.25) is 0 Å². The monoisotopic (exact) mass is 599 g/mol. The standard InChI is InChI=1S/C32H26ClN3O5S/c1-4-41-32(39)20-8-11-23(12-9-20)36-31(38)26(19(2)35-36)18-25-13-15-29(42-25)21-10-14-28(33)27(16-21)30(37)34-22-6-5-7-24(17-22)40-3/h5-18H,4H2,1-3H3,(H,34,37)/b26-18-. The van der Waals surface area contributed by atoms with Gasteiger partial charge in [0, 0.05) is 21.5 Å². The van der Waals surface area contributed by atoms with Crippen LogP contribution < -0.4 is 15.1 Å². The molecule has 8 nitrogen and oxygen atoms in total. The Morgan fingerprint density at radius 2 is 1.83 bits per heavy atom. The molecule has 10 heteroatoms. The minimum atomic E-state index is -0.420. The number of halogens is 1. The van der Waals surface area contributed by atoms with Crippen molar-refractivity contribution in [3.63, 3.8) is 0 Å².